The Balaban J connectivity index is 1.71. The molecule has 3 rings (SSSR count). The van der Waals surface area contributed by atoms with Gasteiger partial charge < -0.3 is 9.64 Å². The summed E-state index contributed by atoms with van der Waals surface area (Å²) in [5.41, 5.74) is 0.853. The second-order valence-electron chi connectivity index (χ2n) is 7.14. The average molecular weight is 381 g/mol. The van der Waals surface area contributed by atoms with Crippen molar-refractivity contribution in [3.05, 3.63) is 30.1 Å². The first kappa shape index (κ1) is 19.3. The van der Waals surface area contributed by atoms with E-state index in [9.17, 15) is 13.2 Å². The molecule has 2 saturated heterocycles. The molecule has 8 heteroatoms. The van der Waals surface area contributed by atoms with Crippen molar-refractivity contribution in [3.63, 3.8) is 0 Å². The van der Waals surface area contributed by atoms with Crippen LogP contribution in [0.15, 0.2) is 24.5 Å². The summed E-state index contributed by atoms with van der Waals surface area (Å²) in [5.74, 6) is 0.153. The SMILES string of the molecule is CS(=O)(=O)N(Cc1cccnc1)C1CCCN(C(=O)C2CCOCC2)C1. The number of hydrogen-bond donors (Lipinski definition) is 0. The molecule has 0 bridgehead atoms. The van der Waals surface area contributed by atoms with Gasteiger partial charge in [0.25, 0.3) is 0 Å². The molecule has 0 radical (unpaired) electrons. The Hall–Kier alpha value is -1.51. The van der Waals surface area contributed by atoms with Crippen molar-refractivity contribution in [1.29, 1.82) is 0 Å². The number of piperidine rings is 1. The zero-order valence-electron chi connectivity index (χ0n) is 15.2. The van der Waals surface area contributed by atoms with Gasteiger partial charge in [-0.05, 0) is 37.3 Å². The molecule has 144 valence electrons. The third-order valence-electron chi connectivity index (χ3n) is 5.17. The largest absolute Gasteiger partial charge is 0.381 e. The number of pyridine rings is 1. The van der Waals surface area contributed by atoms with Crippen molar-refractivity contribution in [2.24, 2.45) is 5.92 Å². The molecule has 2 aliphatic rings. The number of hydrogen-bond acceptors (Lipinski definition) is 5. The summed E-state index contributed by atoms with van der Waals surface area (Å²) < 4.78 is 31.7. The number of carbonyl (C=O) groups excluding carboxylic acids is 1. The number of ether oxygens (including phenoxy) is 1. The summed E-state index contributed by atoms with van der Waals surface area (Å²) >= 11 is 0. The Kier molecular flexibility index (Phi) is 6.26. The molecule has 7 nitrogen and oxygen atoms in total. The predicted molar refractivity (Wildman–Crippen MR) is 97.8 cm³/mol. The van der Waals surface area contributed by atoms with Crippen LogP contribution >= 0.6 is 0 Å². The normalized spacial score (nSPS) is 22.5. The summed E-state index contributed by atoms with van der Waals surface area (Å²) in [7, 11) is -3.39. The number of aromatic nitrogens is 1. The van der Waals surface area contributed by atoms with Crippen LogP contribution in [0.1, 0.15) is 31.2 Å². The van der Waals surface area contributed by atoms with Crippen LogP contribution in [-0.2, 0) is 26.1 Å². The second-order valence-corrected chi connectivity index (χ2v) is 9.07. The van der Waals surface area contributed by atoms with Crippen LogP contribution in [0.2, 0.25) is 0 Å². The van der Waals surface area contributed by atoms with Crippen molar-refractivity contribution in [3.8, 4) is 0 Å². The number of likely N-dealkylation sites (tertiary alicyclic amines) is 1. The third-order valence-corrected chi connectivity index (χ3v) is 6.45. The molecular weight excluding hydrogens is 354 g/mol. The van der Waals surface area contributed by atoms with Crippen LogP contribution in [0.25, 0.3) is 0 Å². The number of nitrogens with zero attached hydrogens (tertiary/aromatic N) is 3. The van der Waals surface area contributed by atoms with Gasteiger partial charge in [-0.1, -0.05) is 6.07 Å². The van der Waals surface area contributed by atoms with Crippen LogP contribution in [0, 0.1) is 5.92 Å². The van der Waals surface area contributed by atoms with Crippen molar-refractivity contribution < 1.29 is 17.9 Å². The molecule has 1 unspecified atom stereocenters. The van der Waals surface area contributed by atoms with Gasteiger partial charge >= 0.3 is 0 Å². The molecule has 0 aliphatic carbocycles. The predicted octanol–water partition coefficient (Wildman–Crippen LogP) is 1.26. The van der Waals surface area contributed by atoms with E-state index in [0.29, 0.717) is 26.3 Å². The van der Waals surface area contributed by atoms with E-state index in [4.69, 9.17) is 4.74 Å². The summed E-state index contributed by atoms with van der Waals surface area (Å²) in [5, 5.41) is 0. The summed E-state index contributed by atoms with van der Waals surface area (Å²) in [6.45, 7) is 2.71. The Labute approximate surface area is 155 Å². The quantitative estimate of drug-likeness (QED) is 0.767. The van der Waals surface area contributed by atoms with Crippen molar-refractivity contribution >= 4 is 15.9 Å². The molecule has 0 spiro atoms. The molecule has 2 aliphatic heterocycles. The lowest BCUT2D eigenvalue weighted by Crippen LogP contribution is -2.52. The highest BCUT2D eigenvalue weighted by molar-refractivity contribution is 7.88. The molecule has 1 aromatic heterocycles. The van der Waals surface area contributed by atoms with Gasteiger partial charge in [0, 0.05) is 57.2 Å². The van der Waals surface area contributed by atoms with E-state index in [1.165, 1.54) is 10.6 Å². The first-order valence-corrected chi connectivity index (χ1v) is 11.0. The second kappa shape index (κ2) is 8.45. The van der Waals surface area contributed by atoms with Gasteiger partial charge in [0.05, 0.1) is 6.26 Å². The van der Waals surface area contributed by atoms with Crippen molar-refractivity contribution in [2.75, 3.05) is 32.6 Å². The molecule has 1 amide bonds. The van der Waals surface area contributed by atoms with E-state index in [-0.39, 0.29) is 24.4 Å². The van der Waals surface area contributed by atoms with Crippen LogP contribution in [0.4, 0.5) is 0 Å². The fourth-order valence-corrected chi connectivity index (χ4v) is 4.88. The zero-order valence-corrected chi connectivity index (χ0v) is 16.0. The van der Waals surface area contributed by atoms with Gasteiger partial charge in [0.2, 0.25) is 15.9 Å². The minimum atomic E-state index is -3.39. The minimum absolute atomic E-state index is 0.00695. The molecular formula is C18H27N3O4S. The fourth-order valence-electron chi connectivity index (χ4n) is 3.78. The monoisotopic (exact) mass is 381 g/mol. The van der Waals surface area contributed by atoms with E-state index in [1.54, 1.807) is 18.5 Å². The Morgan fingerprint density at radius 2 is 2.12 bits per heavy atom. The summed E-state index contributed by atoms with van der Waals surface area (Å²) in [6, 6.07) is 3.49. The van der Waals surface area contributed by atoms with Crippen LogP contribution in [0.5, 0.6) is 0 Å². The van der Waals surface area contributed by atoms with Gasteiger partial charge in [-0.15, -0.1) is 0 Å². The smallest absolute Gasteiger partial charge is 0.225 e. The molecule has 1 atom stereocenters. The lowest BCUT2D eigenvalue weighted by molar-refractivity contribution is -0.140. The lowest BCUT2D eigenvalue weighted by Gasteiger charge is -2.39. The van der Waals surface area contributed by atoms with Crippen molar-refractivity contribution in [1.82, 2.24) is 14.2 Å². The fraction of sp³-hybridized carbons (Fsp3) is 0.667. The Morgan fingerprint density at radius 3 is 2.77 bits per heavy atom. The molecule has 26 heavy (non-hydrogen) atoms. The highest BCUT2D eigenvalue weighted by Gasteiger charge is 2.35. The van der Waals surface area contributed by atoms with E-state index >= 15 is 0 Å². The standard InChI is InChI=1S/C18H27N3O4S/c1-26(23,24)21(13-15-4-2-8-19-12-15)17-5-3-9-20(14-17)18(22)16-6-10-25-11-7-16/h2,4,8,12,16-17H,3,5-7,9-11,13-14H2,1H3. The number of carbonyl (C=O) groups is 1. The van der Waals surface area contributed by atoms with E-state index in [0.717, 1.165) is 31.2 Å². The average Bonchev–Trinajstić information content (AvgIpc) is 2.66. The van der Waals surface area contributed by atoms with E-state index < -0.39 is 10.0 Å². The molecule has 0 saturated carbocycles. The molecule has 1 aromatic rings. The first-order chi connectivity index (χ1) is 12.4. The molecule has 2 fully saturated rings. The van der Waals surface area contributed by atoms with Crippen LogP contribution in [-0.4, -0.2) is 67.1 Å². The first-order valence-electron chi connectivity index (χ1n) is 9.17. The van der Waals surface area contributed by atoms with Crippen LogP contribution < -0.4 is 0 Å². The lowest BCUT2D eigenvalue weighted by atomic mass is 9.96. The molecule has 0 N–H and O–H groups in total. The van der Waals surface area contributed by atoms with Crippen LogP contribution in [0.3, 0.4) is 0 Å². The maximum Gasteiger partial charge on any atom is 0.225 e. The van der Waals surface area contributed by atoms with Gasteiger partial charge in [-0.25, -0.2) is 8.42 Å². The summed E-state index contributed by atoms with van der Waals surface area (Å²) in [6.07, 6.45) is 7.69. The van der Waals surface area contributed by atoms with E-state index in [2.05, 4.69) is 4.98 Å². The zero-order chi connectivity index (χ0) is 18.6. The Morgan fingerprint density at radius 1 is 1.35 bits per heavy atom. The van der Waals surface area contributed by atoms with Crippen molar-refractivity contribution in [2.45, 2.75) is 38.3 Å². The number of rotatable bonds is 5. The van der Waals surface area contributed by atoms with Gasteiger partial charge in [-0.3, -0.25) is 9.78 Å². The number of sulfonamides is 1. The minimum Gasteiger partial charge on any atom is -0.381 e. The van der Waals surface area contributed by atoms with Gasteiger partial charge in [0.15, 0.2) is 0 Å². The third kappa shape index (κ3) is 4.81. The maximum atomic E-state index is 12.8. The highest BCUT2D eigenvalue weighted by Crippen LogP contribution is 2.24. The highest BCUT2D eigenvalue weighted by atomic mass is 32.2. The maximum absolute atomic E-state index is 12.8. The number of amides is 1. The van der Waals surface area contributed by atoms with Gasteiger partial charge in [0.1, 0.15) is 0 Å². The van der Waals surface area contributed by atoms with E-state index in [1.807, 2.05) is 11.0 Å². The summed E-state index contributed by atoms with van der Waals surface area (Å²) in [4.78, 5) is 18.7. The molecule has 0 aromatic carbocycles. The molecule has 3 heterocycles. The Bertz CT molecular complexity index is 704. The topological polar surface area (TPSA) is 79.8 Å². The van der Waals surface area contributed by atoms with Gasteiger partial charge in [-0.2, -0.15) is 4.31 Å².